The Morgan fingerprint density at radius 3 is 2.36 bits per heavy atom. The topological polar surface area (TPSA) is 102 Å². The predicted molar refractivity (Wildman–Crippen MR) is 102 cm³/mol. The molecular formula is C19H22N2O6S. The highest BCUT2D eigenvalue weighted by Gasteiger charge is 2.24. The van der Waals surface area contributed by atoms with Gasteiger partial charge in [0.1, 0.15) is 10.6 Å². The van der Waals surface area contributed by atoms with Crippen molar-refractivity contribution in [1.29, 1.82) is 0 Å². The van der Waals surface area contributed by atoms with E-state index in [-0.39, 0.29) is 16.2 Å². The molecule has 0 unspecified atom stereocenters. The Kier molecular flexibility index (Phi) is 7.13. The average molecular weight is 406 g/mol. The minimum absolute atomic E-state index is 0.00270. The van der Waals surface area contributed by atoms with Gasteiger partial charge in [0.2, 0.25) is 10.0 Å². The summed E-state index contributed by atoms with van der Waals surface area (Å²) in [4.78, 5) is 23.9. The van der Waals surface area contributed by atoms with Crippen molar-refractivity contribution in [2.45, 2.75) is 11.4 Å². The zero-order valence-corrected chi connectivity index (χ0v) is 16.7. The molecule has 0 aliphatic carbocycles. The van der Waals surface area contributed by atoms with E-state index in [9.17, 15) is 18.0 Å². The van der Waals surface area contributed by atoms with Crippen molar-refractivity contribution in [1.82, 2.24) is 9.62 Å². The van der Waals surface area contributed by atoms with Crippen LogP contribution in [0.2, 0.25) is 0 Å². The Hall–Kier alpha value is -2.91. The van der Waals surface area contributed by atoms with Crippen LogP contribution in [0.15, 0.2) is 53.4 Å². The van der Waals surface area contributed by atoms with Crippen LogP contribution in [0, 0.1) is 0 Å². The molecular weight excluding hydrogens is 384 g/mol. The molecule has 0 heterocycles. The van der Waals surface area contributed by atoms with E-state index in [0.717, 1.165) is 9.87 Å². The Labute approximate surface area is 164 Å². The van der Waals surface area contributed by atoms with Crippen molar-refractivity contribution in [2.24, 2.45) is 0 Å². The SMILES string of the molecule is COc1ccc(C(=O)OCC(=O)NCc2ccccc2)cc1S(=O)(=O)N(C)C. The number of methoxy groups -OCH3 is 1. The van der Waals surface area contributed by atoms with Gasteiger partial charge < -0.3 is 14.8 Å². The second kappa shape index (κ2) is 9.34. The van der Waals surface area contributed by atoms with Crippen LogP contribution in [0.4, 0.5) is 0 Å². The molecule has 2 rings (SSSR count). The first-order valence-electron chi connectivity index (χ1n) is 8.34. The van der Waals surface area contributed by atoms with Gasteiger partial charge in [-0.05, 0) is 23.8 Å². The van der Waals surface area contributed by atoms with Crippen molar-refractivity contribution in [3.05, 3.63) is 59.7 Å². The molecule has 1 amide bonds. The number of nitrogens with zero attached hydrogens (tertiary/aromatic N) is 1. The van der Waals surface area contributed by atoms with Crippen molar-refractivity contribution in [3.8, 4) is 5.75 Å². The largest absolute Gasteiger partial charge is 0.495 e. The second-order valence-corrected chi connectivity index (χ2v) is 8.11. The van der Waals surface area contributed by atoms with E-state index in [1.54, 1.807) is 0 Å². The first-order valence-corrected chi connectivity index (χ1v) is 9.78. The molecule has 9 heteroatoms. The van der Waals surface area contributed by atoms with Gasteiger partial charge in [0.15, 0.2) is 6.61 Å². The monoisotopic (exact) mass is 406 g/mol. The second-order valence-electron chi connectivity index (χ2n) is 5.99. The summed E-state index contributed by atoms with van der Waals surface area (Å²) < 4.78 is 35.9. The fourth-order valence-electron chi connectivity index (χ4n) is 2.26. The number of hydrogen-bond donors (Lipinski definition) is 1. The molecule has 2 aromatic carbocycles. The number of benzene rings is 2. The summed E-state index contributed by atoms with van der Waals surface area (Å²) >= 11 is 0. The lowest BCUT2D eigenvalue weighted by Gasteiger charge is -2.15. The van der Waals surface area contributed by atoms with Gasteiger partial charge in [0, 0.05) is 20.6 Å². The third-order valence-electron chi connectivity index (χ3n) is 3.82. The van der Waals surface area contributed by atoms with Gasteiger partial charge >= 0.3 is 5.97 Å². The summed E-state index contributed by atoms with van der Waals surface area (Å²) in [7, 11) is 0.251. The van der Waals surface area contributed by atoms with Gasteiger partial charge in [-0.3, -0.25) is 4.79 Å². The fourth-order valence-corrected chi connectivity index (χ4v) is 3.34. The van der Waals surface area contributed by atoms with Crippen molar-refractivity contribution in [2.75, 3.05) is 27.8 Å². The molecule has 0 radical (unpaired) electrons. The van der Waals surface area contributed by atoms with Crippen molar-refractivity contribution in [3.63, 3.8) is 0 Å². The number of amides is 1. The maximum atomic E-state index is 12.4. The summed E-state index contributed by atoms with van der Waals surface area (Å²) in [5, 5.41) is 2.64. The molecule has 0 aliphatic rings. The highest BCUT2D eigenvalue weighted by Crippen LogP contribution is 2.27. The van der Waals surface area contributed by atoms with Crippen molar-refractivity contribution < 1.29 is 27.5 Å². The van der Waals surface area contributed by atoms with Crippen LogP contribution in [0.3, 0.4) is 0 Å². The van der Waals surface area contributed by atoms with E-state index < -0.39 is 28.5 Å². The Bertz CT molecular complexity index is 942. The lowest BCUT2D eigenvalue weighted by molar-refractivity contribution is -0.124. The number of carbonyl (C=O) groups excluding carboxylic acids is 2. The summed E-state index contributed by atoms with van der Waals surface area (Å²) in [6.07, 6.45) is 0. The van der Waals surface area contributed by atoms with Gasteiger partial charge in [-0.15, -0.1) is 0 Å². The van der Waals surface area contributed by atoms with E-state index in [4.69, 9.17) is 9.47 Å². The molecule has 0 fully saturated rings. The number of sulfonamides is 1. The highest BCUT2D eigenvalue weighted by atomic mass is 32.2. The van der Waals surface area contributed by atoms with E-state index in [2.05, 4.69) is 5.32 Å². The first kappa shape index (κ1) is 21.4. The van der Waals surface area contributed by atoms with Gasteiger partial charge in [0.25, 0.3) is 5.91 Å². The number of rotatable bonds is 8. The normalized spacial score (nSPS) is 11.1. The van der Waals surface area contributed by atoms with E-state index in [1.165, 1.54) is 39.4 Å². The molecule has 1 N–H and O–H groups in total. The molecule has 0 saturated carbocycles. The molecule has 0 saturated heterocycles. The molecule has 0 bridgehead atoms. The van der Waals surface area contributed by atoms with Crippen LogP contribution in [0.25, 0.3) is 0 Å². The summed E-state index contributed by atoms with van der Waals surface area (Å²) in [6, 6.07) is 13.2. The summed E-state index contributed by atoms with van der Waals surface area (Å²) in [5.41, 5.74) is 0.910. The van der Waals surface area contributed by atoms with Gasteiger partial charge in [0.05, 0.1) is 12.7 Å². The molecule has 0 aromatic heterocycles. The van der Waals surface area contributed by atoms with Gasteiger partial charge in [-0.25, -0.2) is 17.5 Å². The Morgan fingerprint density at radius 2 is 1.75 bits per heavy atom. The Balaban J connectivity index is 2.03. The average Bonchev–Trinajstić information content (AvgIpc) is 2.70. The van der Waals surface area contributed by atoms with Crippen LogP contribution in [0.5, 0.6) is 5.75 Å². The molecule has 28 heavy (non-hydrogen) atoms. The van der Waals surface area contributed by atoms with E-state index in [0.29, 0.717) is 6.54 Å². The number of ether oxygens (including phenoxy) is 2. The number of nitrogens with one attached hydrogen (secondary N) is 1. The zero-order chi connectivity index (χ0) is 20.7. The standard InChI is InChI=1S/C19H22N2O6S/c1-21(2)28(24,25)17-11-15(9-10-16(17)26-3)19(23)27-13-18(22)20-12-14-7-5-4-6-8-14/h4-11H,12-13H2,1-3H3,(H,20,22). The highest BCUT2D eigenvalue weighted by molar-refractivity contribution is 7.89. The van der Waals surface area contributed by atoms with Gasteiger partial charge in [-0.2, -0.15) is 0 Å². The zero-order valence-electron chi connectivity index (χ0n) is 15.8. The van der Waals surface area contributed by atoms with Crippen LogP contribution >= 0.6 is 0 Å². The molecule has 8 nitrogen and oxygen atoms in total. The van der Waals surface area contributed by atoms with Crippen LogP contribution in [-0.2, 0) is 26.1 Å². The minimum Gasteiger partial charge on any atom is -0.495 e. The minimum atomic E-state index is -3.82. The maximum absolute atomic E-state index is 12.4. The smallest absolute Gasteiger partial charge is 0.338 e. The Morgan fingerprint density at radius 1 is 1.07 bits per heavy atom. The summed E-state index contributed by atoms with van der Waals surface area (Å²) in [5.74, 6) is -1.18. The summed E-state index contributed by atoms with van der Waals surface area (Å²) in [6.45, 7) is -0.168. The first-order chi connectivity index (χ1) is 13.3. The number of esters is 1. The van der Waals surface area contributed by atoms with Crippen LogP contribution < -0.4 is 10.1 Å². The molecule has 150 valence electrons. The molecule has 0 aliphatic heterocycles. The lowest BCUT2D eigenvalue weighted by atomic mass is 10.2. The molecule has 2 aromatic rings. The maximum Gasteiger partial charge on any atom is 0.338 e. The van der Waals surface area contributed by atoms with E-state index >= 15 is 0 Å². The number of hydrogen-bond acceptors (Lipinski definition) is 6. The van der Waals surface area contributed by atoms with Crippen LogP contribution in [-0.4, -0.2) is 52.4 Å². The van der Waals surface area contributed by atoms with Crippen LogP contribution in [0.1, 0.15) is 15.9 Å². The fraction of sp³-hybridized carbons (Fsp3) is 0.263. The number of carbonyl (C=O) groups is 2. The van der Waals surface area contributed by atoms with Gasteiger partial charge in [-0.1, -0.05) is 30.3 Å². The predicted octanol–water partition coefficient (Wildman–Crippen LogP) is 1.42. The van der Waals surface area contributed by atoms with E-state index in [1.807, 2.05) is 30.3 Å². The molecule has 0 atom stereocenters. The third-order valence-corrected chi connectivity index (χ3v) is 5.66. The quantitative estimate of drug-likeness (QED) is 0.665. The third kappa shape index (κ3) is 5.30. The molecule has 0 spiro atoms. The van der Waals surface area contributed by atoms with Crippen molar-refractivity contribution >= 4 is 21.9 Å². The lowest BCUT2D eigenvalue weighted by Crippen LogP contribution is -2.28.